The predicted molar refractivity (Wildman–Crippen MR) is 69.1 cm³/mol. The Balaban J connectivity index is 1.69. The number of hydrogen-bond acceptors (Lipinski definition) is 2. The number of carbonyl (C=O) groups is 1. The summed E-state index contributed by atoms with van der Waals surface area (Å²) in [6, 6.07) is 10.7. The van der Waals surface area contributed by atoms with E-state index in [2.05, 4.69) is 13.8 Å². The number of carbonyl (C=O) groups excluding carboxylic acids is 1. The van der Waals surface area contributed by atoms with Crippen LogP contribution in [-0.2, 0) is 9.53 Å². The quantitative estimate of drug-likeness (QED) is 0.750. The summed E-state index contributed by atoms with van der Waals surface area (Å²) in [6.07, 6.45) is 1.93. The molecule has 2 heterocycles. The second-order valence-corrected chi connectivity index (χ2v) is 5.41. The third-order valence-corrected chi connectivity index (χ3v) is 4.07. The summed E-state index contributed by atoms with van der Waals surface area (Å²) < 4.78 is 5.58. The van der Waals surface area contributed by atoms with Crippen LogP contribution in [-0.4, -0.2) is 29.0 Å². The number of benzene rings is 1. The van der Waals surface area contributed by atoms with E-state index in [9.17, 15) is 4.79 Å². The molecule has 1 aromatic rings. The second-order valence-electron chi connectivity index (χ2n) is 5.41. The molecule has 0 saturated carbocycles. The van der Waals surface area contributed by atoms with E-state index in [0.29, 0.717) is 12.1 Å². The van der Waals surface area contributed by atoms with Crippen LogP contribution in [0.15, 0.2) is 30.3 Å². The van der Waals surface area contributed by atoms with E-state index < -0.39 is 0 Å². The van der Waals surface area contributed by atoms with Crippen LogP contribution in [0.3, 0.4) is 0 Å². The van der Waals surface area contributed by atoms with Crippen molar-refractivity contribution in [3.63, 3.8) is 0 Å². The van der Waals surface area contributed by atoms with Crippen LogP contribution >= 0.6 is 0 Å². The Morgan fingerprint density at radius 1 is 1.17 bits per heavy atom. The van der Waals surface area contributed by atoms with Crippen LogP contribution in [0.5, 0.6) is 0 Å². The summed E-state index contributed by atoms with van der Waals surface area (Å²) in [5.41, 5.74) is 1.11. The highest BCUT2D eigenvalue weighted by atomic mass is 16.6. The molecule has 2 saturated heterocycles. The number of hydrogen-bond donors (Lipinski definition) is 0. The van der Waals surface area contributed by atoms with Gasteiger partial charge in [-0.15, -0.1) is 0 Å². The van der Waals surface area contributed by atoms with Gasteiger partial charge in [-0.05, 0) is 32.3 Å². The molecule has 0 aromatic heterocycles. The van der Waals surface area contributed by atoms with Gasteiger partial charge in [0.25, 0.3) is 5.91 Å². The Morgan fingerprint density at radius 2 is 1.78 bits per heavy atom. The lowest BCUT2D eigenvalue weighted by atomic mass is 10.1. The van der Waals surface area contributed by atoms with Crippen LogP contribution in [0.4, 0.5) is 0 Å². The molecule has 3 nitrogen and oxygen atoms in total. The van der Waals surface area contributed by atoms with E-state index in [0.717, 1.165) is 18.4 Å². The summed E-state index contributed by atoms with van der Waals surface area (Å²) in [4.78, 5) is 14.4. The molecule has 2 aliphatic heterocycles. The van der Waals surface area contributed by atoms with Crippen molar-refractivity contribution in [2.24, 2.45) is 0 Å². The van der Waals surface area contributed by atoms with Gasteiger partial charge in [-0.1, -0.05) is 30.3 Å². The van der Waals surface area contributed by atoms with Crippen molar-refractivity contribution in [3.8, 4) is 0 Å². The zero-order valence-corrected chi connectivity index (χ0v) is 10.9. The smallest absolute Gasteiger partial charge is 0.255 e. The van der Waals surface area contributed by atoms with Gasteiger partial charge in [0.15, 0.2) is 6.10 Å². The SMILES string of the molecule is C[C@@H]1CC[C@@H](C)N1C(=O)[C@H]1O[C@@H]1c1ccccc1. The van der Waals surface area contributed by atoms with Crippen molar-refractivity contribution in [2.45, 2.75) is 51.0 Å². The molecule has 0 unspecified atom stereocenters. The predicted octanol–water partition coefficient (Wildman–Crippen LogP) is 2.53. The Kier molecular flexibility index (Phi) is 2.86. The van der Waals surface area contributed by atoms with Gasteiger partial charge in [0, 0.05) is 12.1 Å². The molecule has 0 bridgehead atoms. The number of likely N-dealkylation sites (tertiary alicyclic amines) is 1. The minimum absolute atomic E-state index is 0.0290. The molecule has 3 heteroatoms. The van der Waals surface area contributed by atoms with E-state index in [1.165, 1.54) is 0 Å². The molecule has 0 radical (unpaired) electrons. The fourth-order valence-electron chi connectivity index (χ4n) is 2.97. The van der Waals surface area contributed by atoms with E-state index in [1.807, 2.05) is 35.2 Å². The van der Waals surface area contributed by atoms with Crippen LogP contribution in [0.25, 0.3) is 0 Å². The van der Waals surface area contributed by atoms with Crippen LogP contribution < -0.4 is 0 Å². The Bertz CT molecular complexity index is 435. The minimum Gasteiger partial charge on any atom is -0.354 e. The number of ether oxygens (including phenoxy) is 1. The molecule has 2 aliphatic rings. The van der Waals surface area contributed by atoms with Gasteiger partial charge in [0.1, 0.15) is 6.10 Å². The normalized spacial score (nSPS) is 34.7. The standard InChI is InChI=1S/C15H19NO2/c1-10-8-9-11(2)16(10)15(17)14-13(18-14)12-6-4-3-5-7-12/h3-7,10-11,13-14H,8-9H2,1-2H3/t10-,11-,13-,14+/m1/s1. The minimum atomic E-state index is -0.254. The van der Waals surface area contributed by atoms with Gasteiger partial charge in [0.2, 0.25) is 0 Å². The van der Waals surface area contributed by atoms with E-state index in [-0.39, 0.29) is 18.1 Å². The lowest BCUT2D eigenvalue weighted by molar-refractivity contribution is -0.134. The molecular formula is C15H19NO2. The third-order valence-electron chi connectivity index (χ3n) is 4.07. The number of epoxide rings is 1. The van der Waals surface area contributed by atoms with Gasteiger partial charge < -0.3 is 9.64 Å². The highest BCUT2D eigenvalue weighted by Gasteiger charge is 2.50. The van der Waals surface area contributed by atoms with Gasteiger partial charge in [0.05, 0.1) is 0 Å². The second kappa shape index (κ2) is 4.39. The molecule has 96 valence electrons. The average Bonchev–Trinajstić information content (AvgIpc) is 3.11. The molecule has 0 spiro atoms. The average molecular weight is 245 g/mol. The van der Waals surface area contributed by atoms with Gasteiger partial charge >= 0.3 is 0 Å². The van der Waals surface area contributed by atoms with Crippen molar-refractivity contribution < 1.29 is 9.53 Å². The lowest BCUT2D eigenvalue weighted by Gasteiger charge is -2.25. The lowest BCUT2D eigenvalue weighted by Crippen LogP contribution is -2.41. The Labute approximate surface area is 108 Å². The first-order chi connectivity index (χ1) is 8.68. The van der Waals surface area contributed by atoms with Crippen molar-refractivity contribution in [1.29, 1.82) is 0 Å². The maximum Gasteiger partial charge on any atom is 0.255 e. The summed E-state index contributed by atoms with van der Waals surface area (Å²) in [7, 11) is 0. The highest BCUT2D eigenvalue weighted by molar-refractivity contribution is 5.85. The fraction of sp³-hybridized carbons (Fsp3) is 0.533. The zero-order valence-electron chi connectivity index (χ0n) is 10.9. The third kappa shape index (κ3) is 1.93. The van der Waals surface area contributed by atoms with E-state index >= 15 is 0 Å². The highest BCUT2D eigenvalue weighted by Crippen LogP contribution is 2.41. The molecule has 0 aliphatic carbocycles. The summed E-state index contributed by atoms with van der Waals surface area (Å²) in [6.45, 7) is 4.25. The molecule has 0 N–H and O–H groups in total. The molecule has 1 aromatic carbocycles. The molecule has 2 fully saturated rings. The van der Waals surface area contributed by atoms with Gasteiger partial charge in [-0.25, -0.2) is 0 Å². The monoisotopic (exact) mass is 245 g/mol. The van der Waals surface area contributed by atoms with E-state index in [4.69, 9.17) is 4.74 Å². The molecule has 4 atom stereocenters. The number of nitrogens with zero attached hydrogens (tertiary/aromatic N) is 1. The van der Waals surface area contributed by atoms with Crippen molar-refractivity contribution in [1.82, 2.24) is 4.90 Å². The summed E-state index contributed by atoms with van der Waals surface area (Å²) >= 11 is 0. The number of rotatable bonds is 2. The number of amides is 1. The maximum absolute atomic E-state index is 12.4. The van der Waals surface area contributed by atoms with Crippen LogP contribution in [0.1, 0.15) is 38.4 Å². The Hall–Kier alpha value is -1.35. The Morgan fingerprint density at radius 3 is 2.39 bits per heavy atom. The largest absolute Gasteiger partial charge is 0.354 e. The molecule has 18 heavy (non-hydrogen) atoms. The van der Waals surface area contributed by atoms with Gasteiger partial charge in [-0.2, -0.15) is 0 Å². The molecule has 1 amide bonds. The van der Waals surface area contributed by atoms with Gasteiger partial charge in [-0.3, -0.25) is 4.79 Å². The maximum atomic E-state index is 12.4. The summed E-state index contributed by atoms with van der Waals surface area (Å²) in [5.74, 6) is 0.168. The zero-order chi connectivity index (χ0) is 12.7. The van der Waals surface area contributed by atoms with Crippen LogP contribution in [0, 0.1) is 0 Å². The molecule has 3 rings (SSSR count). The van der Waals surface area contributed by atoms with E-state index in [1.54, 1.807) is 0 Å². The summed E-state index contributed by atoms with van der Waals surface area (Å²) in [5, 5.41) is 0. The van der Waals surface area contributed by atoms with Crippen molar-refractivity contribution in [3.05, 3.63) is 35.9 Å². The fourth-order valence-corrected chi connectivity index (χ4v) is 2.97. The van der Waals surface area contributed by atoms with Crippen molar-refractivity contribution >= 4 is 5.91 Å². The molecular weight excluding hydrogens is 226 g/mol. The first-order valence-corrected chi connectivity index (χ1v) is 6.71. The van der Waals surface area contributed by atoms with Crippen molar-refractivity contribution in [2.75, 3.05) is 0 Å². The topological polar surface area (TPSA) is 32.8 Å². The first kappa shape index (κ1) is 11.7. The first-order valence-electron chi connectivity index (χ1n) is 6.71. The van der Waals surface area contributed by atoms with Crippen LogP contribution in [0.2, 0.25) is 0 Å².